The Balaban J connectivity index is 1.34. The molecule has 0 heterocycles. The van der Waals surface area contributed by atoms with E-state index in [4.69, 9.17) is 10.5 Å². The van der Waals surface area contributed by atoms with Gasteiger partial charge in [0.1, 0.15) is 0 Å². The molecule has 0 aromatic heterocycles. The van der Waals surface area contributed by atoms with E-state index in [0.29, 0.717) is 30.8 Å². The molecule has 9 atom stereocenters. The van der Waals surface area contributed by atoms with Crippen molar-refractivity contribution in [2.75, 3.05) is 13.2 Å². The minimum atomic E-state index is -0.652. The van der Waals surface area contributed by atoms with E-state index in [1.54, 1.807) is 0 Å². The van der Waals surface area contributed by atoms with Crippen LogP contribution in [0.1, 0.15) is 126 Å². The predicted octanol–water partition coefficient (Wildman–Crippen LogP) is 8.11. The van der Waals surface area contributed by atoms with Crippen LogP contribution in [0.25, 0.3) is 0 Å². The zero-order valence-corrected chi connectivity index (χ0v) is 29.6. The maximum atomic E-state index is 13.7. The van der Waals surface area contributed by atoms with Crippen molar-refractivity contribution in [2.45, 2.75) is 132 Å². The number of allylic oxidation sites excluding steroid dienone is 5. The summed E-state index contributed by atoms with van der Waals surface area (Å²) in [6.45, 7) is 19.7. The van der Waals surface area contributed by atoms with E-state index < -0.39 is 11.5 Å². The standard InChI is InChI=1S/C40H61NO4/c1-9-45-35(44)26-12-10-25(11-13-26)27-16-18-37(6)30(36(27,4)5)17-19-39(8)31(37)15-14-28-34-33(24(2)3)29(42)22-40(34,32(43)23-41)21-20-38(28,39)7/h10,16,24,26,28,30-32,43H,9,11-15,17-23,41H2,1-8H3/t26?,28-,30+,31-,32+,37+,38-,39-,40+/m1/s1. The average molecular weight is 620 g/mol. The minimum absolute atomic E-state index is 0.000679. The SMILES string of the molecule is CCOC(=O)C1CC=C(C2=CC[C@]3(C)[C@H]4CC[C@@H]5C6=C(C(C)C)C(=O)C[C@]6([C@@H](O)CN)CC[C@@]5(C)[C@]4(C)CC[C@H]3C2(C)C)CC1. The molecule has 5 heteroatoms. The highest BCUT2D eigenvalue weighted by Gasteiger charge is 2.70. The summed E-state index contributed by atoms with van der Waals surface area (Å²) in [6.07, 6.45) is 15.2. The van der Waals surface area contributed by atoms with E-state index in [-0.39, 0.29) is 51.8 Å². The fraction of sp³-hybridized carbons (Fsp3) is 0.800. The number of rotatable bonds is 6. The van der Waals surface area contributed by atoms with Gasteiger partial charge in [-0.1, -0.05) is 66.2 Å². The average Bonchev–Trinajstić information content (AvgIpc) is 3.30. The summed E-state index contributed by atoms with van der Waals surface area (Å²) < 4.78 is 5.34. The number of ether oxygens (including phenoxy) is 1. The van der Waals surface area contributed by atoms with Gasteiger partial charge in [-0.3, -0.25) is 9.59 Å². The first-order valence-corrected chi connectivity index (χ1v) is 18.3. The molecule has 45 heavy (non-hydrogen) atoms. The third-order valence-electron chi connectivity index (χ3n) is 15.3. The molecule has 3 N–H and O–H groups in total. The van der Waals surface area contributed by atoms with Gasteiger partial charge in [0.05, 0.1) is 18.6 Å². The zero-order chi connectivity index (χ0) is 32.7. The Labute approximate surface area is 272 Å². The van der Waals surface area contributed by atoms with Crippen LogP contribution >= 0.6 is 0 Å². The van der Waals surface area contributed by atoms with Crippen molar-refractivity contribution < 1.29 is 19.4 Å². The highest BCUT2D eigenvalue weighted by molar-refractivity contribution is 6.00. The van der Waals surface area contributed by atoms with Crippen LogP contribution in [0.15, 0.2) is 34.4 Å². The van der Waals surface area contributed by atoms with Crippen LogP contribution in [0.3, 0.4) is 0 Å². The van der Waals surface area contributed by atoms with Gasteiger partial charge < -0.3 is 15.6 Å². The van der Waals surface area contributed by atoms with E-state index in [1.165, 1.54) is 36.0 Å². The fourth-order valence-electron chi connectivity index (χ4n) is 13.0. The fourth-order valence-corrected chi connectivity index (χ4v) is 13.0. The van der Waals surface area contributed by atoms with Gasteiger partial charge in [0, 0.05) is 18.4 Å². The van der Waals surface area contributed by atoms with Gasteiger partial charge >= 0.3 is 5.97 Å². The molecule has 1 unspecified atom stereocenters. The van der Waals surface area contributed by atoms with E-state index >= 15 is 0 Å². The summed E-state index contributed by atoms with van der Waals surface area (Å²) in [4.78, 5) is 26.1. The number of esters is 1. The lowest BCUT2D eigenvalue weighted by Gasteiger charge is -2.71. The number of hydrogen-bond donors (Lipinski definition) is 2. The van der Waals surface area contributed by atoms with Crippen LogP contribution < -0.4 is 5.73 Å². The molecule has 3 fully saturated rings. The van der Waals surface area contributed by atoms with Crippen LogP contribution in [0.2, 0.25) is 0 Å². The molecule has 0 bridgehead atoms. The van der Waals surface area contributed by atoms with Crippen molar-refractivity contribution in [1.82, 2.24) is 0 Å². The summed E-state index contributed by atoms with van der Waals surface area (Å²) in [5.41, 5.74) is 11.6. The maximum Gasteiger partial charge on any atom is 0.309 e. The first-order chi connectivity index (χ1) is 21.1. The van der Waals surface area contributed by atoms with E-state index in [9.17, 15) is 14.7 Å². The Hall–Kier alpha value is -1.72. The molecule has 0 radical (unpaired) electrons. The third kappa shape index (κ3) is 4.51. The smallest absolute Gasteiger partial charge is 0.309 e. The molecule has 0 aromatic rings. The summed E-state index contributed by atoms with van der Waals surface area (Å²) in [5, 5.41) is 11.4. The number of fused-ring (bicyclic) bond motifs is 7. The molecule has 250 valence electrons. The number of nitrogens with two attached hydrogens (primary N) is 1. The second-order valence-corrected chi connectivity index (χ2v) is 17.6. The summed E-state index contributed by atoms with van der Waals surface area (Å²) in [7, 11) is 0. The van der Waals surface area contributed by atoms with Crippen molar-refractivity contribution in [3.05, 3.63) is 34.4 Å². The van der Waals surface area contributed by atoms with Gasteiger partial charge in [-0.05, 0) is 133 Å². The Morgan fingerprint density at radius 1 is 1.00 bits per heavy atom. The van der Waals surface area contributed by atoms with Crippen molar-refractivity contribution in [2.24, 2.45) is 62.4 Å². The Kier molecular flexibility index (Phi) is 8.25. The van der Waals surface area contributed by atoms with Gasteiger partial charge in [-0.2, -0.15) is 0 Å². The molecule has 6 aliphatic carbocycles. The third-order valence-corrected chi connectivity index (χ3v) is 15.3. The summed E-state index contributed by atoms with van der Waals surface area (Å²) in [6, 6.07) is 0. The highest BCUT2D eigenvalue weighted by Crippen LogP contribution is 2.77. The van der Waals surface area contributed by atoms with Crippen LogP contribution in [-0.4, -0.2) is 36.1 Å². The van der Waals surface area contributed by atoms with Crippen LogP contribution in [0, 0.1) is 56.7 Å². The molecular weight excluding hydrogens is 558 g/mol. The van der Waals surface area contributed by atoms with Crippen molar-refractivity contribution in [3.8, 4) is 0 Å². The van der Waals surface area contributed by atoms with Crippen molar-refractivity contribution >= 4 is 11.8 Å². The normalized spacial score (nSPS) is 43.0. The van der Waals surface area contributed by atoms with Gasteiger partial charge in [0.15, 0.2) is 5.78 Å². The predicted molar refractivity (Wildman–Crippen MR) is 180 cm³/mol. The van der Waals surface area contributed by atoms with E-state index in [2.05, 4.69) is 60.6 Å². The lowest BCUT2D eigenvalue weighted by molar-refractivity contribution is -0.202. The molecule has 0 saturated heterocycles. The number of ketones is 1. The lowest BCUT2D eigenvalue weighted by atomic mass is 9.33. The number of carbonyl (C=O) groups excluding carboxylic acids is 2. The number of carbonyl (C=O) groups is 2. The highest BCUT2D eigenvalue weighted by atomic mass is 16.5. The Bertz CT molecular complexity index is 1340. The molecule has 0 aromatic carbocycles. The molecule has 3 saturated carbocycles. The van der Waals surface area contributed by atoms with E-state index in [1.807, 2.05) is 6.92 Å². The zero-order valence-electron chi connectivity index (χ0n) is 29.6. The summed E-state index contributed by atoms with van der Waals surface area (Å²) in [5.74, 6) is 1.94. The topological polar surface area (TPSA) is 89.6 Å². The monoisotopic (exact) mass is 619 g/mol. The Morgan fingerprint density at radius 2 is 1.73 bits per heavy atom. The van der Waals surface area contributed by atoms with Crippen LogP contribution in [0.4, 0.5) is 0 Å². The largest absolute Gasteiger partial charge is 0.466 e. The first kappa shape index (κ1) is 33.2. The number of hydrogen-bond acceptors (Lipinski definition) is 5. The molecule has 6 aliphatic rings. The van der Waals surface area contributed by atoms with Crippen molar-refractivity contribution in [1.29, 1.82) is 0 Å². The Morgan fingerprint density at radius 3 is 2.36 bits per heavy atom. The van der Waals surface area contributed by atoms with Crippen molar-refractivity contribution in [3.63, 3.8) is 0 Å². The second-order valence-electron chi connectivity index (χ2n) is 17.6. The number of Topliss-reactive ketones (excluding diaryl/α,β-unsaturated/α-hetero) is 1. The first-order valence-electron chi connectivity index (χ1n) is 18.3. The molecule has 0 spiro atoms. The van der Waals surface area contributed by atoms with Crippen LogP contribution in [-0.2, 0) is 14.3 Å². The molecular formula is C40H61NO4. The number of aliphatic hydroxyl groups is 1. The van der Waals surface area contributed by atoms with Crippen LogP contribution in [0.5, 0.6) is 0 Å². The van der Waals surface area contributed by atoms with Gasteiger partial charge in [-0.15, -0.1) is 0 Å². The lowest BCUT2D eigenvalue weighted by Crippen LogP contribution is -2.64. The summed E-state index contributed by atoms with van der Waals surface area (Å²) >= 11 is 0. The van der Waals surface area contributed by atoms with E-state index in [0.717, 1.165) is 50.5 Å². The molecule has 5 nitrogen and oxygen atoms in total. The minimum Gasteiger partial charge on any atom is -0.466 e. The second kappa shape index (κ2) is 11.2. The number of aliphatic hydroxyl groups excluding tert-OH is 1. The van der Waals surface area contributed by atoms with Gasteiger partial charge in [-0.25, -0.2) is 0 Å². The quantitative estimate of drug-likeness (QED) is 0.293. The van der Waals surface area contributed by atoms with Gasteiger partial charge in [0.25, 0.3) is 0 Å². The maximum absolute atomic E-state index is 13.7. The molecule has 0 amide bonds. The molecule has 6 rings (SSSR count). The molecule has 0 aliphatic heterocycles. The van der Waals surface area contributed by atoms with Gasteiger partial charge in [0.2, 0.25) is 0 Å².